The minimum Gasteiger partial charge on any atom is -0.485 e. The van der Waals surface area contributed by atoms with E-state index in [1.807, 2.05) is 34.1 Å². The molecule has 1 saturated heterocycles. The number of pyridine rings is 1. The second-order valence-corrected chi connectivity index (χ2v) is 7.53. The van der Waals surface area contributed by atoms with E-state index in [1.165, 1.54) is 0 Å². The van der Waals surface area contributed by atoms with Gasteiger partial charge in [0.2, 0.25) is 5.91 Å². The third kappa shape index (κ3) is 3.52. The molecule has 0 unspecified atom stereocenters. The molecule has 28 heavy (non-hydrogen) atoms. The molecule has 7 heteroatoms. The maximum absolute atomic E-state index is 13.2. The summed E-state index contributed by atoms with van der Waals surface area (Å²) >= 11 is 0. The van der Waals surface area contributed by atoms with E-state index in [2.05, 4.69) is 4.98 Å². The molecule has 2 amide bonds. The van der Waals surface area contributed by atoms with Crippen LogP contribution in [0.15, 0.2) is 42.6 Å². The number of carbonyl (C=O) groups is 2. The Morgan fingerprint density at radius 1 is 1.14 bits per heavy atom. The van der Waals surface area contributed by atoms with Gasteiger partial charge in [0.25, 0.3) is 5.91 Å². The van der Waals surface area contributed by atoms with E-state index in [1.54, 1.807) is 25.3 Å². The number of nitrogens with zero attached hydrogens (tertiary/aromatic N) is 3. The molecule has 0 bridgehead atoms. The first kappa shape index (κ1) is 18.3. The largest absolute Gasteiger partial charge is 0.485 e. The van der Waals surface area contributed by atoms with Gasteiger partial charge >= 0.3 is 0 Å². The monoisotopic (exact) mass is 380 g/mol. The Morgan fingerprint density at radius 3 is 2.61 bits per heavy atom. The Morgan fingerprint density at radius 2 is 1.89 bits per heavy atom. The number of hydrogen-bond donors (Lipinski definition) is 1. The molecule has 1 spiro atoms. The van der Waals surface area contributed by atoms with Crippen LogP contribution in [0.2, 0.25) is 0 Å². The van der Waals surface area contributed by atoms with Crippen molar-refractivity contribution in [1.29, 1.82) is 0 Å². The molecule has 3 heterocycles. The predicted octanol–water partition coefficient (Wildman–Crippen LogP) is 2.08. The molecule has 0 aliphatic carbocycles. The summed E-state index contributed by atoms with van der Waals surface area (Å²) in [5, 5.41) is 0. The lowest BCUT2D eigenvalue weighted by Crippen LogP contribution is -2.54. The lowest BCUT2D eigenvalue weighted by atomic mass is 9.90. The van der Waals surface area contributed by atoms with Gasteiger partial charge in [0.15, 0.2) is 0 Å². The van der Waals surface area contributed by atoms with Crippen LogP contribution in [0.1, 0.15) is 35.7 Å². The van der Waals surface area contributed by atoms with Gasteiger partial charge in [-0.3, -0.25) is 9.59 Å². The predicted molar refractivity (Wildman–Crippen MR) is 105 cm³/mol. The highest BCUT2D eigenvalue weighted by Crippen LogP contribution is 2.36. The van der Waals surface area contributed by atoms with Crippen LogP contribution in [0.3, 0.4) is 0 Å². The fraction of sp³-hybridized carbons (Fsp3) is 0.381. The first-order valence-electron chi connectivity index (χ1n) is 9.49. The Kier molecular flexibility index (Phi) is 4.66. The van der Waals surface area contributed by atoms with Crippen molar-refractivity contribution >= 4 is 17.6 Å². The molecule has 2 aromatic rings. The van der Waals surface area contributed by atoms with E-state index >= 15 is 0 Å². The van der Waals surface area contributed by atoms with Gasteiger partial charge in [-0.25, -0.2) is 4.98 Å². The van der Waals surface area contributed by atoms with Gasteiger partial charge < -0.3 is 20.3 Å². The molecular formula is C21H24N4O3. The van der Waals surface area contributed by atoms with Crippen molar-refractivity contribution in [3.05, 3.63) is 53.7 Å². The van der Waals surface area contributed by atoms with Crippen molar-refractivity contribution < 1.29 is 14.3 Å². The number of fused-ring (bicyclic) bond motifs is 1. The SMILES string of the molecule is CC(=O)N1CCC2(CC1)CN(C(=O)c1ccnc(N)c1)Cc1ccccc1O2. The number of nitrogens with two attached hydrogens (primary N) is 1. The standard InChI is InChI=1S/C21H24N4O3/c1-15(26)24-10-7-21(8-11-24)14-25(13-17-4-2-3-5-18(17)28-21)20(27)16-6-9-23-19(22)12-16/h2-6,9,12H,7-8,10-11,13-14H2,1H3,(H2,22,23). The Balaban J connectivity index is 1.66. The van der Waals surface area contributed by atoms with E-state index in [9.17, 15) is 9.59 Å². The van der Waals surface area contributed by atoms with Crippen molar-refractivity contribution in [2.45, 2.75) is 31.9 Å². The van der Waals surface area contributed by atoms with Gasteiger partial charge in [-0.2, -0.15) is 0 Å². The van der Waals surface area contributed by atoms with E-state index in [4.69, 9.17) is 10.5 Å². The van der Waals surface area contributed by atoms with E-state index in [-0.39, 0.29) is 11.8 Å². The number of hydrogen-bond acceptors (Lipinski definition) is 5. The molecule has 1 aromatic heterocycles. The lowest BCUT2D eigenvalue weighted by Gasteiger charge is -2.42. The quantitative estimate of drug-likeness (QED) is 0.818. The van der Waals surface area contributed by atoms with Gasteiger partial charge in [-0.05, 0) is 18.2 Å². The number of anilines is 1. The third-order valence-electron chi connectivity index (χ3n) is 5.57. The zero-order valence-corrected chi connectivity index (χ0v) is 15.9. The Labute approximate surface area is 164 Å². The van der Waals surface area contributed by atoms with Crippen LogP contribution >= 0.6 is 0 Å². The molecule has 2 aliphatic heterocycles. The first-order chi connectivity index (χ1) is 13.5. The summed E-state index contributed by atoms with van der Waals surface area (Å²) in [6, 6.07) is 11.1. The summed E-state index contributed by atoms with van der Waals surface area (Å²) in [6.07, 6.45) is 2.91. The zero-order chi connectivity index (χ0) is 19.7. The second kappa shape index (κ2) is 7.14. The Bertz CT molecular complexity index is 906. The van der Waals surface area contributed by atoms with Crippen LogP contribution in [-0.4, -0.2) is 51.8 Å². The molecule has 1 fully saturated rings. The van der Waals surface area contributed by atoms with E-state index < -0.39 is 5.60 Å². The minimum atomic E-state index is -0.507. The van der Waals surface area contributed by atoms with Gasteiger partial charge in [-0.15, -0.1) is 0 Å². The van der Waals surface area contributed by atoms with Crippen molar-refractivity contribution in [2.24, 2.45) is 0 Å². The summed E-state index contributed by atoms with van der Waals surface area (Å²) < 4.78 is 6.48. The van der Waals surface area contributed by atoms with Crippen LogP contribution in [0, 0.1) is 0 Å². The van der Waals surface area contributed by atoms with Crippen LogP contribution in [0.5, 0.6) is 5.75 Å². The molecule has 1 aromatic carbocycles. The number of benzene rings is 1. The number of amides is 2. The molecule has 146 valence electrons. The molecule has 2 N–H and O–H groups in total. The number of nitrogen functional groups attached to an aromatic ring is 1. The molecule has 4 rings (SSSR count). The molecule has 7 nitrogen and oxygen atoms in total. The van der Waals surface area contributed by atoms with Crippen LogP contribution in [0.25, 0.3) is 0 Å². The maximum atomic E-state index is 13.2. The number of carbonyl (C=O) groups excluding carboxylic acids is 2. The van der Waals surface area contributed by atoms with Crippen LogP contribution in [-0.2, 0) is 11.3 Å². The molecule has 2 aliphatic rings. The lowest BCUT2D eigenvalue weighted by molar-refractivity contribution is -0.132. The number of para-hydroxylation sites is 1. The summed E-state index contributed by atoms with van der Waals surface area (Å²) in [5.41, 5.74) is 6.75. The fourth-order valence-electron chi connectivity index (χ4n) is 4.01. The van der Waals surface area contributed by atoms with Crippen molar-refractivity contribution in [2.75, 3.05) is 25.4 Å². The van der Waals surface area contributed by atoms with Gasteiger partial charge in [-0.1, -0.05) is 18.2 Å². The number of rotatable bonds is 1. The first-order valence-corrected chi connectivity index (χ1v) is 9.49. The molecule has 0 atom stereocenters. The molecule has 0 saturated carbocycles. The summed E-state index contributed by atoms with van der Waals surface area (Å²) in [7, 11) is 0. The highest BCUT2D eigenvalue weighted by Gasteiger charge is 2.42. The van der Waals surface area contributed by atoms with Crippen molar-refractivity contribution in [3.63, 3.8) is 0 Å². The highest BCUT2D eigenvalue weighted by atomic mass is 16.5. The van der Waals surface area contributed by atoms with Crippen molar-refractivity contribution in [1.82, 2.24) is 14.8 Å². The maximum Gasteiger partial charge on any atom is 0.254 e. The van der Waals surface area contributed by atoms with Gasteiger partial charge in [0, 0.05) is 56.7 Å². The summed E-state index contributed by atoms with van der Waals surface area (Å²) in [4.78, 5) is 32.6. The fourth-order valence-corrected chi connectivity index (χ4v) is 4.01. The van der Waals surface area contributed by atoms with E-state index in [0.717, 1.165) is 11.3 Å². The Hall–Kier alpha value is -3.09. The highest BCUT2D eigenvalue weighted by molar-refractivity contribution is 5.94. The van der Waals surface area contributed by atoms with Gasteiger partial charge in [0.1, 0.15) is 17.2 Å². The van der Waals surface area contributed by atoms with E-state index in [0.29, 0.717) is 50.4 Å². The average Bonchev–Trinajstić information content (AvgIpc) is 2.84. The number of piperidine rings is 1. The van der Waals surface area contributed by atoms with Crippen LogP contribution < -0.4 is 10.5 Å². The topological polar surface area (TPSA) is 88.8 Å². The zero-order valence-electron chi connectivity index (χ0n) is 15.9. The minimum absolute atomic E-state index is 0.0732. The molecular weight excluding hydrogens is 356 g/mol. The number of aromatic nitrogens is 1. The van der Waals surface area contributed by atoms with Gasteiger partial charge in [0.05, 0.1) is 6.54 Å². The smallest absolute Gasteiger partial charge is 0.254 e. The third-order valence-corrected chi connectivity index (χ3v) is 5.57. The number of ether oxygens (including phenoxy) is 1. The van der Waals surface area contributed by atoms with Crippen LogP contribution in [0.4, 0.5) is 5.82 Å². The second-order valence-electron chi connectivity index (χ2n) is 7.53. The summed E-state index contributed by atoms with van der Waals surface area (Å²) in [6.45, 7) is 3.78. The normalized spacial score (nSPS) is 18.2. The van der Waals surface area contributed by atoms with Crippen molar-refractivity contribution in [3.8, 4) is 5.75 Å². The number of likely N-dealkylation sites (tertiary alicyclic amines) is 1. The summed E-state index contributed by atoms with van der Waals surface area (Å²) in [5.74, 6) is 1.11. The molecule has 0 radical (unpaired) electrons. The average molecular weight is 380 g/mol.